The summed E-state index contributed by atoms with van der Waals surface area (Å²) in [5.74, 6) is 2.81. The van der Waals surface area contributed by atoms with E-state index < -0.39 is 0 Å². The zero-order valence-corrected chi connectivity index (χ0v) is 11.8. The molecule has 0 spiro atoms. The fraction of sp³-hybridized carbons (Fsp3) is 0.647. The van der Waals surface area contributed by atoms with E-state index in [1.54, 1.807) is 0 Å². The van der Waals surface area contributed by atoms with Crippen LogP contribution in [0.15, 0.2) is 24.3 Å². The minimum absolute atomic E-state index is 0.723. The van der Waals surface area contributed by atoms with Crippen molar-refractivity contribution in [3.05, 3.63) is 29.8 Å². The molecule has 0 radical (unpaired) electrons. The van der Waals surface area contributed by atoms with E-state index in [0.717, 1.165) is 24.2 Å². The van der Waals surface area contributed by atoms with Crippen LogP contribution in [-0.4, -0.2) is 6.61 Å². The molecule has 0 amide bonds. The van der Waals surface area contributed by atoms with E-state index in [1.165, 1.54) is 44.1 Å². The first-order valence-corrected chi connectivity index (χ1v) is 7.56. The number of ether oxygens (including phenoxy) is 1. The smallest absolute Gasteiger partial charge is 0.122 e. The third-order valence-corrected chi connectivity index (χ3v) is 4.20. The molecule has 0 saturated heterocycles. The number of hydrogen-bond acceptors (Lipinski definition) is 1. The number of rotatable bonds is 5. The summed E-state index contributed by atoms with van der Waals surface area (Å²) in [6, 6.07) is 8.61. The van der Waals surface area contributed by atoms with Crippen molar-refractivity contribution in [1.82, 2.24) is 0 Å². The molecule has 0 aromatic heterocycles. The van der Waals surface area contributed by atoms with Crippen LogP contribution in [0.5, 0.6) is 5.75 Å². The Morgan fingerprint density at radius 1 is 1.06 bits per heavy atom. The van der Waals surface area contributed by atoms with Crippen LogP contribution in [0.3, 0.4) is 0 Å². The predicted molar refractivity (Wildman–Crippen MR) is 77.2 cm³/mol. The normalized spacial score (nSPS) is 23.9. The van der Waals surface area contributed by atoms with Crippen LogP contribution in [0.25, 0.3) is 0 Å². The maximum Gasteiger partial charge on any atom is 0.122 e. The third-order valence-electron chi connectivity index (χ3n) is 4.20. The Kier molecular flexibility index (Phi) is 5.10. The Morgan fingerprint density at radius 2 is 1.78 bits per heavy atom. The molecule has 0 N–H and O–H groups in total. The fourth-order valence-corrected chi connectivity index (χ4v) is 3.28. The first-order valence-electron chi connectivity index (χ1n) is 7.56. The Morgan fingerprint density at radius 3 is 2.44 bits per heavy atom. The van der Waals surface area contributed by atoms with Crippen molar-refractivity contribution in [1.29, 1.82) is 0 Å². The number of benzene rings is 1. The summed E-state index contributed by atoms with van der Waals surface area (Å²) in [4.78, 5) is 0. The first kappa shape index (κ1) is 13.5. The highest BCUT2D eigenvalue weighted by atomic mass is 16.5. The van der Waals surface area contributed by atoms with Gasteiger partial charge in [0.2, 0.25) is 0 Å². The molecule has 0 atom stereocenters. The summed E-state index contributed by atoms with van der Waals surface area (Å²) in [7, 11) is 0. The molecule has 0 unspecified atom stereocenters. The lowest BCUT2D eigenvalue weighted by molar-refractivity contribution is 0.294. The molecule has 0 heterocycles. The van der Waals surface area contributed by atoms with Gasteiger partial charge in [0, 0.05) is 0 Å². The van der Waals surface area contributed by atoms with E-state index >= 15 is 0 Å². The van der Waals surface area contributed by atoms with E-state index in [4.69, 9.17) is 4.74 Å². The molecular weight excluding hydrogens is 220 g/mol. The van der Waals surface area contributed by atoms with Crippen LogP contribution in [0.1, 0.15) is 63.9 Å². The Labute approximate surface area is 112 Å². The standard InChI is InChI=1S/C17H26O/c1-3-7-14-10-12-15(13-11-14)16-8-5-6-9-17(16)18-4-2/h5-6,8-9,14-15H,3-4,7,10-13H2,1-2H3. The van der Waals surface area contributed by atoms with Gasteiger partial charge >= 0.3 is 0 Å². The van der Waals surface area contributed by atoms with Crippen LogP contribution in [0, 0.1) is 5.92 Å². The lowest BCUT2D eigenvalue weighted by Gasteiger charge is -2.29. The summed E-state index contributed by atoms with van der Waals surface area (Å²) >= 11 is 0. The average molecular weight is 246 g/mol. The second-order valence-corrected chi connectivity index (χ2v) is 5.48. The van der Waals surface area contributed by atoms with Crippen LogP contribution in [0.4, 0.5) is 0 Å². The van der Waals surface area contributed by atoms with Gasteiger partial charge in [-0.1, -0.05) is 38.0 Å². The summed E-state index contributed by atoms with van der Waals surface area (Å²) in [5, 5.41) is 0. The van der Waals surface area contributed by atoms with Crippen LogP contribution < -0.4 is 4.74 Å². The van der Waals surface area contributed by atoms with Gasteiger partial charge in [0.25, 0.3) is 0 Å². The van der Waals surface area contributed by atoms with Crippen LogP contribution in [0.2, 0.25) is 0 Å². The van der Waals surface area contributed by atoms with Crippen molar-refractivity contribution >= 4 is 0 Å². The topological polar surface area (TPSA) is 9.23 Å². The molecule has 1 fully saturated rings. The zero-order chi connectivity index (χ0) is 12.8. The molecular formula is C17H26O. The molecule has 1 aliphatic carbocycles. The second kappa shape index (κ2) is 6.82. The highest BCUT2D eigenvalue weighted by molar-refractivity contribution is 5.36. The Bertz CT molecular complexity index is 350. The molecule has 1 aromatic rings. The maximum atomic E-state index is 5.76. The predicted octanol–water partition coefficient (Wildman–Crippen LogP) is 5.16. The quantitative estimate of drug-likeness (QED) is 0.697. The monoisotopic (exact) mass is 246 g/mol. The molecule has 100 valence electrons. The average Bonchev–Trinajstić information content (AvgIpc) is 2.41. The highest BCUT2D eigenvalue weighted by Crippen LogP contribution is 2.40. The van der Waals surface area contributed by atoms with Gasteiger partial charge in [-0.15, -0.1) is 0 Å². The minimum atomic E-state index is 0.723. The summed E-state index contributed by atoms with van der Waals surface area (Å²) in [6.07, 6.45) is 8.24. The molecule has 1 nitrogen and oxygen atoms in total. The van der Waals surface area contributed by atoms with Gasteiger partial charge in [-0.2, -0.15) is 0 Å². The number of para-hydroxylation sites is 1. The molecule has 2 rings (SSSR count). The number of hydrogen-bond donors (Lipinski definition) is 0. The second-order valence-electron chi connectivity index (χ2n) is 5.48. The summed E-state index contributed by atoms with van der Waals surface area (Å²) < 4.78 is 5.76. The van der Waals surface area contributed by atoms with Crippen molar-refractivity contribution in [3.8, 4) is 5.75 Å². The molecule has 18 heavy (non-hydrogen) atoms. The van der Waals surface area contributed by atoms with Gasteiger partial charge < -0.3 is 4.74 Å². The van der Waals surface area contributed by atoms with E-state index in [-0.39, 0.29) is 0 Å². The van der Waals surface area contributed by atoms with E-state index in [0.29, 0.717) is 0 Å². The van der Waals surface area contributed by atoms with Gasteiger partial charge in [0.15, 0.2) is 0 Å². The van der Waals surface area contributed by atoms with Gasteiger partial charge in [0.05, 0.1) is 6.61 Å². The largest absolute Gasteiger partial charge is 0.494 e. The molecule has 0 aliphatic heterocycles. The molecule has 1 aliphatic rings. The summed E-state index contributed by atoms with van der Waals surface area (Å²) in [5.41, 5.74) is 1.44. The Balaban J connectivity index is 2.00. The summed E-state index contributed by atoms with van der Waals surface area (Å²) in [6.45, 7) is 5.13. The van der Waals surface area contributed by atoms with E-state index in [9.17, 15) is 0 Å². The highest BCUT2D eigenvalue weighted by Gasteiger charge is 2.23. The molecule has 0 bridgehead atoms. The lowest BCUT2D eigenvalue weighted by Crippen LogP contribution is -2.14. The van der Waals surface area contributed by atoms with Crippen molar-refractivity contribution < 1.29 is 4.74 Å². The van der Waals surface area contributed by atoms with Crippen molar-refractivity contribution in [2.75, 3.05) is 6.61 Å². The van der Waals surface area contributed by atoms with Crippen LogP contribution >= 0.6 is 0 Å². The van der Waals surface area contributed by atoms with Crippen LogP contribution in [-0.2, 0) is 0 Å². The van der Waals surface area contributed by atoms with Crippen molar-refractivity contribution in [3.63, 3.8) is 0 Å². The lowest BCUT2D eigenvalue weighted by atomic mass is 9.77. The van der Waals surface area contributed by atoms with E-state index in [2.05, 4.69) is 38.1 Å². The van der Waals surface area contributed by atoms with Gasteiger partial charge in [-0.05, 0) is 56.1 Å². The molecule has 1 saturated carbocycles. The van der Waals surface area contributed by atoms with Crippen molar-refractivity contribution in [2.45, 2.75) is 58.3 Å². The maximum absolute atomic E-state index is 5.76. The van der Waals surface area contributed by atoms with Crippen molar-refractivity contribution in [2.24, 2.45) is 5.92 Å². The SMILES string of the molecule is CCCC1CCC(c2ccccc2OCC)CC1. The van der Waals surface area contributed by atoms with Gasteiger partial charge in [-0.25, -0.2) is 0 Å². The van der Waals surface area contributed by atoms with Gasteiger partial charge in [-0.3, -0.25) is 0 Å². The third kappa shape index (κ3) is 3.28. The molecule has 1 aromatic carbocycles. The first-order chi connectivity index (χ1) is 8.85. The Hall–Kier alpha value is -0.980. The van der Waals surface area contributed by atoms with E-state index in [1.807, 2.05) is 0 Å². The molecule has 1 heteroatoms. The fourth-order valence-electron chi connectivity index (χ4n) is 3.28. The zero-order valence-electron chi connectivity index (χ0n) is 11.8. The van der Waals surface area contributed by atoms with Gasteiger partial charge in [0.1, 0.15) is 5.75 Å². The minimum Gasteiger partial charge on any atom is -0.494 e.